The van der Waals surface area contributed by atoms with Gasteiger partial charge in [0.25, 0.3) is 0 Å². The molecule has 1 heterocycles. The van der Waals surface area contributed by atoms with Crippen LogP contribution in [0, 0.1) is 0 Å². The monoisotopic (exact) mass is 400 g/mol. The van der Waals surface area contributed by atoms with Gasteiger partial charge in [0.15, 0.2) is 5.96 Å². The lowest BCUT2D eigenvalue weighted by Crippen LogP contribution is -2.46. The Morgan fingerprint density at radius 1 is 1.46 bits per heavy atom. The SMILES string of the molecule is CCNC(=NCCOc1ncccc1Cl)NC1CCCC(S(=O)CC)C1. The van der Waals surface area contributed by atoms with Crippen LogP contribution in [0.25, 0.3) is 0 Å². The number of pyridine rings is 1. The molecule has 146 valence electrons. The maximum Gasteiger partial charge on any atom is 0.232 e. The van der Waals surface area contributed by atoms with Gasteiger partial charge in [0.05, 0.1) is 6.54 Å². The van der Waals surface area contributed by atoms with E-state index < -0.39 is 10.8 Å². The summed E-state index contributed by atoms with van der Waals surface area (Å²) < 4.78 is 17.7. The van der Waals surface area contributed by atoms with Crippen LogP contribution < -0.4 is 15.4 Å². The molecule has 6 nitrogen and oxygen atoms in total. The fourth-order valence-electron chi connectivity index (χ4n) is 3.04. The van der Waals surface area contributed by atoms with Crippen molar-refractivity contribution < 1.29 is 8.95 Å². The zero-order valence-electron chi connectivity index (χ0n) is 15.5. The molecule has 0 amide bonds. The van der Waals surface area contributed by atoms with Crippen molar-refractivity contribution in [2.24, 2.45) is 4.99 Å². The molecule has 1 aliphatic rings. The van der Waals surface area contributed by atoms with Gasteiger partial charge >= 0.3 is 0 Å². The number of hydrogen-bond donors (Lipinski definition) is 2. The number of guanidine groups is 1. The summed E-state index contributed by atoms with van der Waals surface area (Å²) in [6.07, 6.45) is 5.84. The molecule has 0 spiro atoms. The molecule has 1 fully saturated rings. The fraction of sp³-hybridized carbons (Fsp3) is 0.667. The Morgan fingerprint density at radius 2 is 2.31 bits per heavy atom. The van der Waals surface area contributed by atoms with Crippen molar-refractivity contribution >= 4 is 28.4 Å². The van der Waals surface area contributed by atoms with Crippen molar-refractivity contribution in [3.63, 3.8) is 0 Å². The quantitative estimate of drug-likeness (QED) is 0.398. The predicted octanol–water partition coefficient (Wildman–Crippen LogP) is 2.75. The molecule has 3 atom stereocenters. The maximum atomic E-state index is 12.1. The average molecular weight is 401 g/mol. The molecule has 0 bridgehead atoms. The summed E-state index contributed by atoms with van der Waals surface area (Å²) >= 11 is 6.02. The molecule has 8 heteroatoms. The summed E-state index contributed by atoms with van der Waals surface area (Å²) in [6.45, 7) is 5.72. The highest BCUT2D eigenvalue weighted by Crippen LogP contribution is 2.23. The Kier molecular flexibility index (Phi) is 9.18. The van der Waals surface area contributed by atoms with Gasteiger partial charge in [-0.3, -0.25) is 4.21 Å². The van der Waals surface area contributed by atoms with E-state index in [2.05, 4.69) is 20.6 Å². The second-order valence-corrected chi connectivity index (χ2v) is 8.61. The summed E-state index contributed by atoms with van der Waals surface area (Å²) in [4.78, 5) is 8.66. The molecule has 1 saturated carbocycles. The average Bonchev–Trinajstić information content (AvgIpc) is 2.66. The first kappa shape index (κ1) is 21.0. The van der Waals surface area contributed by atoms with Crippen LogP contribution >= 0.6 is 11.6 Å². The first-order valence-corrected chi connectivity index (χ1v) is 11.0. The number of ether oxygens (including phenoxy) is 1. The minimum atomic E-state index is -0.723. The lowest BCUT2D eigenvalue weighted by atomic mass is 9.95. The number of halogens is 1. The van der Waals surface area contributed by atoms with Crippen molar-refractivity contribution in [3.05, 3.63) is 23.4 Å². The van der Waals surface area contributed by atoms with Gasteiger partial charge in [-0.05, 0) is 38.3 Å². The molecule has 1 aromatic rings. The summed E-state index contributed by atoms with van der Waals surface area (Å²) in [7, 11) is -0.723. The zero-order chi connectivity index (χ0) is 18.8. The second kappa shape index (κ2) is 11.4. The third kappa shape index (κ3) is 6.76. The van der Waals surface area contributed by atoms with Crippen molar-refractivity contribution in [2.45, 2.75) is 50.8 Å². The van der Waals surface area contributed by atoms with Crippen LogP contribution in [0.1, 0.15) is 39.5 Å². The largest absolute Gasteiger partial charge is 0.475 e. The van der Waals surface area contributed by atoms with E-state index in [0.29, 0.717) is 35.3 Å². The lowest BCUT2D eigenvalue weighted by molar-refractivity contribution is 0.316. The summed E-state index contributed by atoms with van der Waals surface area (Å²) in [6, 6.07) is 3.83. The smallest absolute Gasteiger partial charge is 0.232 e. The minimum absolute atomic E-state index is 0.295. The summed E-state index contributed by atoms with van der Waals surface area (Å²) in [5.74, 6) is 1.94. The summed E-state index contributed by atoms with van der Waals surface area (Å²) in [5.41, 5.74) is 0. The number of aliphatic imine (C=N–C) groups is 1. The van der Waals surface area contributed by atoms with Crippen LogP contribution in [-0.4, -0.2) is 51.9 Å². The first-order valence-electron chi connectivity index (χ1n) is 9.29. The molecule has 2 N–H and O–H groups in total. The van der Waals surface area contributed by atoms with Crippen molar-refractivity contribution in [2.75, 3.05) is 25.4 Å². The van der Waals surface area contributed by atoms with E-state index in [4.69, 9.17) is 16.3 Å². The Morgan fingerprint density at radius 3 is 3.04 bits per heavy atom. The van der Waals surface area contributed by atoms with Gasteiger partial charge in [-0.2, -0.15) is 0 Å². The predicted molar refractivity (Wildman–Crippen MR) is 109 cm³/mol. The molecule has 0 aromatic carbocycles. The third-order valence-corrected chi connectivity index (χ3v) is 6.32. The third-order valence-electron chi connectivity index (χ3n) is 4.29. The highest BCUT2D eigenvalue weighted by molar-refractivity contribution is 7.85. The standard InChI is InChI=1S/C18H29ClN4O2S/c1-3-20-18(22-11-12-25-17-16(19)9-6-10-21-17)23-14-7-5-8-15(13-14)26(24)4-2/h6,9-10,14-15H,3-5,7-8,11-13H2,1-2H3,(H2,20,22,23). The maximum absolute atomic E-state index is 12.1. The number of rotatable bonds is 8. The van der Waals surface area contributed by atoms with E-state index in [1.807, 2.05) is 13.8 Å². The highest BCUT2D eigenvalue weighted by atomic mass is 35.5. The molecule has 0 radical (unpaired) electrons. The van der Waals surface area contributed by atoms with E-state index in [-0.39, 0.29) is 0 Å². The number of nitrogens with zero attached hydrogens (tertiary/aromatic N) is 2. The molecule has 3 unspecified atom stereocenters. The molecular formula is C18H29ClN4O2S. The van der Waals surface area contributed by atoms with Gasteiger partial charge in [0.1, 0.15) is 11.6 Å². The molecular weight excluding hydrogens is 372 g/mol. The van der Waals surface area contributed by atoms with E-state index in [1.54, 1.807) is 18.3 Å². The van der Waals surface area contributed by atoms with Crippen LogP contribution in [0.5, 0.6) is 5.88 Å². The van der Waals surface area contributed by atoms with Crippen LogP contribution in [0.2, 0.25) is 5.02 Å². The number of aromatic nitrogens is 1. The zero-order valence-corrected chi connectivity index (χ0v) is 17.1. The fourth-order valence-corrected chi connectivity index (χ4v) is 4.57. The first-order chi connectivity index (χ1) is 12.6. The normalized spacial score (nSPS) is 21.9. The van der Waals surface area contributed by atoms with Gasteiger partial charge in [0.2, 0.25) is 5.88 Å². The Hall–Kier alpha value is -1.34. The Balaban J connectivity index is 1.84. The van der Waals surface area contributed by atoms with E-state index in [1.165, 1.54) is 0 Å². The second-order valence-electron chi connectivity index (χ2n) is 6.20. The highest BCUT2D eigenvalue weighted by Gasteiger charge is 2.25. The lowest BCUT2D eigenvalue weighted by Gasteiger charge is -2.30. The van der Waals surface area contributed by atoms with Gasteiger partial charge in [-0.25, -0.2) is 9.98 Å². The van der Waals surface area contributed by atoms with Gasteiger partial charge in [-0.1, -0.05) is 24.9 Å². The van der Waals surface area contributed by atoms with Crippen LogP contribution in [0.3, 0.4) is 0 Å². The summed E-state index contributed by atoms with van der Waals surface area (Å²) in [5, 5.41) is 7.54. The van der Waals surface area contributed by atoms with Crippen LogP contribution in [-0.2, 0) is 10.8 Å². The molecule has 26 heavy (non-hydrogen) atoms. The van der Waals surface area contributed by atoms with E-state index in [0.717, 1.165) is 43.9 Å². The molecule has 0 aliphatic heterocycles. The Labute approximate surface area is 163 Å². The topological polar surface area (TPSA) is 75.6 Å². The molecule has 0 saturated heterocycles. The minimum Gasteiger partial charge on any atom is -0.475 e. The molecule has 2 rings (SSSR count). The Bertz CT molecular complexity index is 615. The van der Waals surface area contributed by atoms with E-state index >= 15 is 0 Å². The molecule has 1 aromatic heterocycles. The van der Waals surface area contributed by atoms with Gasteiger partial charge in [0, 0.05) is 40.6 Å². The van der Waals surface area contributed by atoms with Crippen LogP contribution in [0.4, 0.5) is 0 Å². The van der Waals surface area contributed by atoms with Crippen molar-refractivity contribution in [1.82, 2.24) is 15.6 Å². The van der Waals surface area contributed by atoms with Crippen LogP contribution in [0.15, 0.2) is 23.3 Å². The van der Waals surface area contributed by atoms with Crippen molar-refractivity contribution in [1.29, 1.82) is 0 Å². The van der Waals surface area contributed by atoms with Gasteiger partial charge < -0.3 is 15.4 Å². The van der Waals surface area contributed by atoms with E-state index in [9.17, 15) is 4.21 Å². The van der Waals surface area contributed by atoms with Gasteiger partial charge in [-0.15, -0.1) is 0 Å². The number of hydrogen-bond acceptors (Lipinski definition) is 4. The molecule has 1 aliphatic carbocycles. The number of nitrogens with one attached hydrogen (secondary N) is 2. The van der Waals surface area contributed by atoms with Crippen molar-refractivity contribution in [3.8, 4) is 5.88 Å².